The van der Waals surface area contributed by atoms with Crippen molar-refractivity contribution in [2.45, 2.75) is 32.8 Å². The van der Waals surface area contributed by atoms with E-state index in [1.54, 1.807) is 0 Å². The largest absolute Gasteiger partial charge is 0.390 e. The Labute approximate surface area is 94.4 Å². The average molecular weight is 220 g/mol. The van der Waals surface area contributed by atoms with E-state index in [4.69, 9.17) is 0 Å². The molecule has 0 radical (unpaired) electrons. The van der Waals surface area contributed by atoms with E-state index in [0.717, 1.165) is 0 Å². The molecule has 0 saturated carbocycles. The predicted octanol–water partition coefficient (Wildman–Crippen LogP) is 3.52. The summed E-state index contributed by atoms with van der Waals surface area (Å²) in [5, 5.41) is 11.1. The minimum atomic E-state index is -0.635. The molecule has 0 bridgehead atoms. The van der Waals surface area contributed by atoms with Crippen molar-refractivity contribution in [1.82, 2.24) is 0 Å². The van der Waals surface area contributed by atoms with Crippen LogP contribution in [-0.4, -0.2) is 10.7 Å². The summed E-state index contributed by atoms with van der Waals surface area (Å²) >= 11 is 1.81. The Bertz CT molecular complexity index is 477. The molecule has 0 unspecified atom stereocenters. The number of aryl methyl sites for hydroxylation is 1. The monoisotopic (exact) mass is 220 g/mol. The normalized spacial score (nSPS) is 12.3. The minimum Gasteiger partial charge on any atom is -0.390 e. The molecule has 0 aliphatic heterocycles. The molecule has 1 nitrogen and oxygen atoms in total. The maximum atomic E-state index is 9.84. The van der Waals surface area contributed by atoms with Gasteiger partial charge in [0.15, 0.2) is 0 Å². The molecule has 80 valence electrons. The number of benzene rings is 1. The number of rotatable bonds is 2. The highest BCUT2D eigenvalue weighted by Gasteiger charge is 2.15. The maximum Gasteiger partial charge on any atom is 0.0632 e. The van der Waals surface area contributed by atoms with Gasteiger partial charge < -0.3 is 5.11 Å². The molecule has 0 spiro atoms. The molecule has 2 rings (SSSR count). The minimum absolute atomic E-state index is 0.635. The standard InChI is InChI=1S/C13H16OS/c1-9-7-11-10(8-13(2,3)14)5-4-6-12(11)15-9/h4-7,14H,8H2,1-3H3. The molecule has 0 saturated heterocycles. The van der Waals surface area contributed by atoms with E-state index in [1.165, 1.54) is 20.5 Å². The Kier molecular flexibility index (Phi) is 2.57. The van der Waals surface area contributed by atoms with Gasteiger partial charge in [0.25, 0.3) is 0 Å². The molecule has 1 aromatic heterocycles. The molecule has 0 aliphatic rings. The Balaban J connectivity index is 2.51. The van der Waals surface area contributed by atoms with Crippen molar-refractivity contribution in [2.24, 2.45) is 0 Å². The smallest absolute Gasteiger partial charge is 0.0632 e. The molecule has 0 fully saturated rings. The van der Waals surface area contributed by atoms with Crippen molar-refractivity contribution in [1.29, 1.82) is 0 Å². The lowest BCUT2D eigenvalue weighted by atomic mass is 9.96. The maximum absolute atomic E-state index is 9.84. The van der Waals surface area contributed by atoms with Gasteiger partial charge in [0.1, 0.15) is 0 Å². The summed E-state index contributed by atoms with van der Waals surface area (Å²) < 4.78 is 1.31. The number of thiophene rings is 1. The molecule has 1 N–H and O–H groups in total. The molecule has 15 heavy (non-hydrogen) atoms. The van der Waals surface area contributed by atoms with Gasteiger partial charge in [-0.1, -0.05) is 12.1 Å². The zero-order valence-electron chi connectivity index (χ0n) is 9.37. The highest BCUT2D eigenvalue weighted by atomic mass is 32.1. The Hall–Kier alpha value is -0.860. The van der Waals surface area contributed by atoms with Gasteiger partial charge in [-0.3, -0.25) is 0 Å². The number of aliphatic hydroxyl groups is 1. The SMILES string of the molecule is Cc1cc2c(CC(C)(C)O)cccc2s1. The summed E-state index contributed by atoms with van der Waals surface area (Å²) in [6.45, 7) is 5.83. The first-order valence-corrected chi connectivity index (χ1v) is 5.98. The van der Waals surface area contributed by atoms with Crippen LogP contribution in [0.4, 0.5) is 0 Å². The van der Waals surface area contributed by atoms with E-state index in [9.17, 15) is 5.11 Å². The molecule has 1 heterocycles. The highest BCUT2D eigenvalue weighted by molar-refractivity contribution is 7.19. The summed E-state index contributed by atoms with van der Waals surface area (Å²) in [7, 11) is 0. The van der Waals surface area contributed by atoms with Gasteiger partial charge in [-0.25, -0.2) is 0 Å². The first-order chi connectivity index (χ1) is 6.96. The fourth-order valence-corrected chi connectivity index (χ4v) is 2.84. The van der Waals surface area contributed by atoms with Crippen LogP contribution in [0.15, 0.2) is 24.3 Å². The summed E-state index contributed by atoms with van der Waals surface area (Å²) in [5.74, 6) is 0. The van der Waals surface area contributed by atoms with Crippen LogP contribution >= 0.6 is 11.3 Å². The lowest BCUT2D eigenvalue weighted by Gasteiger charge is -2.17. The van der Waals surface area contributed by atoms with E-state index in [1.807, 2.05) is 25.2 Å². The van der Waals surface area contributed by atoms with Crippen molar-refractivity contribution >= 4 is 21.4 Å². The zero-order valence-corrected chi connectivity index (χ0v) is 10.2. The lowest BCUT2D eigenvalue weighted by Crippen LogP contribution is -2.21. The molecular weight excluding hydrogens is 204 g/mol. The first kappa shape index (κ1) is 10.7. The third-order valence-electron chi connectivity index (χ3n) is 2.40. The van der Waals surface area contributed by atoms with Crippen LogP contribution < -0.4 is 0 Å². The second kappa shape index (κ2) is 3.62. The van der Waals surface area contributed by atoms with Crippen LogP contribution in [0.25, 0.3) is 10.1 Å². The average Bonchev–Trinajstić information content (AvgIpc) is 2.43. The van der Waals surface area contributed by atoms with Gasteiger partial charge in [0, 0.05) is 16.0 Å². The fourth-order valence-electron chi connectivity index (χ4n) is 1.87. The predicted molar refractivity (Wildman–Crippen MR) is 66.6 cm³/mol. The second-order valence-corrected chi connectivity index (χ2v) is 5.96. The van der Waals surface area contributed by atoms with Gasteiger partial charge >= 0.3 is 0 Å². The first-order valence-electron chi connectivity index (χ1n) is 5.16. The van der Waals surface area contributed by atoms with E-state index in [2.05, 4.69) is 31.2 Å². The molecule has 0 aliphatic carbocycles. The van der Waals surface area contributed by atoms with Crippen molar-refractivity contribution in [3.63, 3.8) is 0 Å². The molecule has 2 aromatic rings. The molecule has 0 amide bonds. The van der Waals surface area contributed by atoms with Crippen LogP contribution in [0, 0.1) is 6.92 Å². The van der Waals surface area contributed by atoms with E-state index < -0.39 is 5.60 Å². The van der Waals surface area contributed by atoms with E-state index in [0.29, 0.717) is 6.42 Å². The van der Waals surface area contributed by atoms with Gasteiger partial charge in [0.2, 0.25) is 0 Å². The number of hydrogen-bond donors (Lipinski definition) is 1. The van der Waals surface area contributed by atoms with Crippen LogP contribution in [-0.2, 0) is 6.42 Å². The summed E-state index contributed by atoms with van der Waals surface area (Å²) in [4.78, 5) is 1.33. The topological polar surface area (TPSA) is 20.2 Å². The van der Waals surface area contributed by atoms with Crippen LogP contribution in [0.5, 0.6) is 0 Å². The summed E-state index contributed by atoms with van der Waals surface area (Å²) in [6, 6.07) is 8.52. The zero-order chi connectivity index (χ0) is 11.1. The molecule has 1 aromatic carbocycles. The van der Waals surface area contributed by atoms with Crippen molar-refractivity contribution in [2.75, 3.05) is 0 Å². The third kappa shape index (κ3) is 2.39. The molecule has 2 heteroatoms. The van der Waals surface area contributed by atoms with Crippen LogP contribution in [0.1, 0.15) is 24.3 Å². The van der Waals surface area contributed by atoms with Gasteiger partial charge in [-0.2, -0.15) is 0 Å². The van der Waals surface area contributed by atoms with Crippen molar-refractivity contribution in [3.8, 4) is 0 Å². The van der Waals surface area contributed by atoms with Gasteiger partial charge in [-0.05, 0) is 43.9 Å². The second-order valence-electron chi connectivity index (χ2n) is 4.68. The Morgan fingerprint density at radius 1 is 1.33 bits per heavy atom. The van der Waals surface area contributed by atoms with Gasteiger partial charge in [-0.15, -0.1) is 11.3 Å². The molecular formula is C13H16OS. The van der Waals surface area contributed by atoms with Crippen molar-refractivity contribution < 1.29 is 5.11 Å². The molecule has 0 atom stereocenters. The Morgan fingerprint density at radius 2 is 2.07 bits per heavy atom. The van der Waals surface area contributed by atoms with Crippen LogP contribution in [0.3, 0.4) is 0 Å². The number of hydrogen-bond acceptors (Lipinski definition) is 2. The van der Waals surface area contributed by atoms with E-state index in [-0.39, 0.29) is 0 Å². The summed E-state index contributed by atoms with van der Waals surface area (Å²) in [5.41, 5.74) is 0.605. The number of fused-ring (bicyclic) bond motifs is 1. The lowest BCUT2D eigenvalue weighted by molar-refractivity contribution is 0.0813. The highest BCUT2D eigenvalue weighted by Crippen LogP contribution is 2.29. The fraction of sp³-hybridized carbons (Fsp3) is 0.385. The van der Waals surface area contributed by atoms with Crippen LogP contribution in [0.2, 0.25) is 0 Å². The quantitative estimate of drug-likeness (QED) is 0.821. The van der Waals surface area contributed by atoms with Crippen molar-refractivity contribution in [3.05, 3.63) is 34.7 Å². The Morgan fingerprint density at radius 3 is 2.73 bits per heavy atom. The third-order valence-corrected chi connectivity index (χ3v) is 3.41. The summed E-state index contributed by atoms with van der Waals surface area (Å²) in [6.07, 6.45) is 0.709. The van der Waals surface area contributed by atoms with E-state index >= 15 is 0 Å². The van der Waals surface area contributed by atoms with Gasteiger partial charge in [0.05, 0.1) is 5.60 Å².